The highest BCUT2D eigenvalue weighted by molar-refractivity contribution is 7.15. The Kier molecular flexibility index (Phi) is 6.51. The summed E-state index contributed by atoms with van der Waals surface area (Å²) in [5.74, 6) is 1.15. The summed E-state index contributed by atoms with van der Waals surface area (Å²) in [6.07, 6.45) is 4.62. The number of rotatable bonds is 9. The number of hydrogen-bond donors (Lipinski definition) is 1. The summed E-state index contributed by atoms with van der Waals surface area (Å²) in [6.45, 7) is 4.26. The summed E-state index contributed by atoms with van der Waals surface area (Å²) in [7, 11) is 0. The highest BCUT2D eigenvalue weighted by atomic mass is 32.1. The molecule has 3 aromatic rings. The fourth-order valence-electron chi connectivity index (χ4n) is 2.59. The number of hydrogen-bond acceptors (Lipinski definition) is 7. The van der Waals surface area contributed by atoms with Crippen molar-refractivity contribution in [3.63, 3.8) is 0 Å². The molecular weight excluding hydrogens is 368 g/mol. The molecule has 3 heterocycles. The minimum absolute atomic E-state index is 0.0255. The number of aromatic nitrogens is 3. The number of carbonyl (C=O) groups excluding carboxylic acids is 1. The smallest absolute Gasteiger partial charge is 0.226 e. The second kappa shape index (κ2) is 9.05. The van der Waals surface area contributed by atoms with Crippen LogP contribution in [0.2, 0.25) is 0 Å². The zero-order valence-electron chi connectivity index (χ0n) is 14.9. The van der Waals surface area contributed by atoms with E-state index in [1.165, 1.54) is 4.88 Å². The van der Waals surface area contributed by atoms with Crippen LogP contribution in [0.15, 0.2) is 22.0 Å². The fourth-order valence-corrected chi connectivity index (χ4v) is 4.20. The van der Waals surface area contributed by atoms with Crippen LogP contribution >= 0.6 is 22.7 Å². The quantitative estimate of drug-likeness (QED) is 0.571. The van der Waals surface area contributed by atoms with Gasteiger partial charge in [0.2, 0.25) is 17.6 Å². The van der Waals surface area contributed by atoms with Crippen LogP contribution in [0.1, 0.15) is 49.6 Å². The number of amides is 1. The zero-order chi connectivity index (χ0) is 18.4. The van der Waals surface area contributed by atoms with Gasteiger partial charge >= 0.3 is 0 Å². The maximum atomic E-state index is 12.2. The number of nitrogens with one attached hydrogen (secondary N) is 1. The van der Waals surface area contributed by atoms with Gasteiger partial charge in [0.05, 0.1) is 10.6 Å². The molecule has 0 atom stereocenters. The molecule has 0 aliphatic rings. The van der Waals surface area contributed by atoms with Gasteiger partial charge in [0, 0.05) is 17.7 Å². The number of thiophene rings is 1. The van der Waals surface area contributed by atoms with Gasteiger partial charge in [-0.25, -0.2) is 4.98 Å². The average Bonchev–Trinajstić information content (AvgIpc) is 3.35. The van der Waals surface area contributed by atoms with Crippen LogP contribution in [0.5, 0.6) is 0 Å². The molecule has 0 saturated carbocycles. The van der Waals surface area contributed by atoms with E-state index in [0.717, 1.165) is 29.8 Å². The first-order chi connectivity index (χ1) is 12.7. The van der Waals surface area contributed by atoms with Crippen LogP contribution in [-0.4, -0.2) is 21.0 Å². The Labute approximate surface area is 160 Å². The van der Waals surface area contributed by atoms with E-state index in [0.29, 0.717) is 36.1 Å². The molecule has 0 aliphatic carbocycles. The minimum atomic E-state index is -0.0255. The molecule has 26 heavy (non-hydrogen) atoms. The van der Waals surface area contributed by atoms with Gasteiger partial charge in [0.25, 0.3) is 0 Å². The van der Waals surface area contributed by atoms with Crippen molar-refractivity contribution in [3.8, 4) is 10.7 Å². The molecule has 0 bridgehead atoms. The van der Waals surface area contributed by atoms with Crippen molar-refractivity contribution >= 4 is 33.7 Å². The molecule has 0 radical (unpaired) electrons. The monoisotopic (exact) mass is 390 g/mol. The largest absolute Gasteiger partial charge is 0.339 e. The Morgan fingerprint density at radius 3 is 2.88 bits per heavy atom. The highest BCUT2D eigenvalue weighted by Crippen LogP contribution is 2.25. The predicted molar refractivity (Wildman–Crippen MR) is 105 cm³/mol. The summed E-state index contributed by atoms with van der Waals surface area (Å²) >= 11 is 3.15. The number of carbonyl (C=O) groups is 1. The van der Waals surface area contributed by atoms with Crippen LogP contribution in [0, 0.1) is 0 Å². The molecule has 0 fully saturated rings. The van der Waals surface area contributed by atoms with E-state index in [-0.39, 0.29) is 5.91 Å². The van der Waals surface area contributed by atoms with Crippen molar-refractivity contribution in [1.29, 1.82) is 0 Å². The summed E-state index contributed by atoms with van der Waals surface area (Å²) < 4.78 is 5.25. The zero-order valence-corrected chi connectivity index (χ0v) is 16.6. The number of nitrogens with zero attached hydrogens (tertiary/aromatic N) is 3. The van der Waals surface area contributed by atoms with Crippen molar-refractivity contribution in [2.24, 2.45) is 0 Å². The van der Waals surface area contributed by atoms with Crippen LogP contribution < -0.4 is 5.32 Å². The molecule has 8 heteroatoms. The Morgan fingerprint density at radius 2 is 2.15 bits per heavy atom. The molecule has 6 nitrogen and oxygen atoms in total. The maximum Gasteiger partial charge on any atom is 0.226 e. The Hall–Kier alpha value is -2.06. The van der Waals surface area contributed by atoms with Gasteiger partial charge in [-0.2, -0.15) is 4.98 Å². The molecule has 0 aliphatic heterocycles. The van der Waals surface area contributed by atoms with Gasteiger partial charge in [-0.15, -0.1) is 22.7 Å². The first kappa shape index (κ1) is 18.7. The normalized spacial score (nSPS) is 11.0. The maximum absolute atomic E-state index is 12.2. The van der Waals surface area contributed by atoms with Crippen molar-refractivity contribution in [3.05, 3.63) is 34.0 Å². The molecule has 0 unspecified atom stereocenters. The lowest BCUT2D eigenvalue weighted by atomic mass is 10.2. The highest BCUT2D eigenvalue weighted by Gasteiger charge is 2.13. The fraction of sp³-hybridized carbons (Fsp3) is 0.444. The number of aryl methyl sites for hydroxylation is 3. The second-order valence-corrected chi connectivity index (χ2v) is 7.91. The van der Waals surface area contributed by atoms with Crippen molar-refractivity contribution < 1.29 is 9.32 Å². The first-order valence-corrected chi connectivity index (χ1v) is 10.5. The minimum Gasteiger partial charge on any atom is -0.339 e. The second-order valence-electron chi connectivity index (χ2n) is 5.88. The van der Waals surface area contributed by atoms with Gasteiger partial charge in [-0.1, -0.05) is 31.5 Å². The van der Waals surface area contributed by atoms with Crippen LogP contribution in [0.4, 0.5) is 5.13 Å². The van der Waals surface area contributed by atoms with Crippen LogP contribution in [-0.2, 0) is 24.1 Å². The molecule has 138 valence electrons. The van der Waals surface area contributed by atoms with E-state index in [2.05, 4.69) is 34.3 Å². The third kappa shape index (κ3) is 4.76. The SMILES string of the molecule is CCCc1nc(NC(=O)CCCc2nc(-c3cccs3)no2)sc1CC. The van der Waals surface area contributed by atoms with Gasteiger partial charge in [-0.05, 0) is 30.7 Å². The average molecular weight is 391 g/mol. The van der Waals surface area contributed by atoms with Crippen LogP contribution in [0.3, 0.4) is 0 Å². The van der Waals surface area contributed by atoms with Gasteiger partial charge in [0.15, 0.2) is 5.13 Å². The van der Waals surface area contributed by atoms with Crippen LogP contribution in [0.25, 0.3) is 10.7 Å². The standard InChI is InChI=1S/C18H22N4O2S2/c1-3-7-12-13(4-2)26-18(19-12)20-15(23)9-5-10-16-21-17(22-24-16)14-8-6-11-25-14/h6,8,11H,3-5,7,9-10H2,1-2H3,(H,19,20,23). The topological polar surface area (TPSA) is 80.9 Å². The summed E-state index contributed by atoms with van der Waals surface area (Å²) in [5.41, 5.74) is 1.11. The predicted octanol–water partition coefficient (Wildman–Crippen LogP) is 4.73. The van der Waals surface area contributed by atoms with E-state index < -0.39 is 0 Å². The Morgan fingerprint density at radius 1 is 1.27 bits per heavy atom. The third-order valence-electron chi connectivity index (χ3n) is 3.84. The first-order valence-electron chi connectivity index (χ1n) is 8.84. The van der Waals surface area contributed by atoms with Crippen molar-refractivity contribution in [2.75, 3.05) is 5.32 Å². The lowest BCUT2D eigenvalue weighted by molar-refractivity contribution is -0.116. The Bertz CT molecular complexity index is 839. The van der Waals surface area contributed by atoms with E-state index >= 15 is 0 Å². The molecule has 0 spiro atoms. The summed E-state index contributed by atoms with van der Waals surface area (Å²) in [5, 5.41) is 9.57. The lowest BCUT2D eigenvalue weighted by Crippen LogP contribution is -2.11. The lowest BCUT2D eigenvalue weighted by Gasteiger charge is -2.00. The molecule has 0 aromatic carbocycles. The molecule has 0 saturated heterocycles. The molecular formula is C18H22N4O2S2. The molecule has 1 N–H and O–H groups in total. The van der Waals surface area contributed by atoms with E-state index in [1.54, 1.807) is 22.7 Å². The molecule has 3 aromatic heterocycles. The molecule has 3 rings (SSSR count). The van der Waals surface area contributed by atoms with E-state index in [9.17, 15) is 4.79 Å². The molecule has 1 amide bonds. The summed E-state index contributed by atoms with van der Waals surface area (Å²) in [4.78, 5) is 23.3. The van der Waals surface area contributed by atoms with Gasteiger partial charge in [0.1, 0.15) is 0 Å². The van der Waals surface area contributed by atoms with Gasteiger partial charge in [-0.3, -0.25) is 4.79 Å². The van der Waals surface area contributed by atoms with Crippen molar-refractivity contribution in [1.82, 2.24) is 15.1 Å². The van der Waals surface area contributed by atoms with E-state index in [1.807, 2.05) is 17.5 Å². The van der Waals surface area contributed by atoms with Crippen molar-refractivity contribution in [2.45, 2.75) is 52.4 Å². The third-order valence-corrected chi connectivity index (χ3v) is 5.86. The van der Waals surface area contributed by atoms with Gasteiger partial charge < -0.3 is 9.84 Å². The summed E-state index contributed by atoms with van der Waals surface area (Å²) in [6, 6.07) is 3.91. The number of anilines is 1. The number of thiazole rings is 1. The van der Waals surface area contributed by atoms with E-state index in [4.69, 9.17) is 4.52 Å². The Balaban J connectivity index is 1.47.